The van der Waals surface area contributed by atoms with Crippen molar-refractivity contribution >= 4 is 0 Å². The molecule has 0 saturated carbocycles. The lowest BCUT2D eigenvalue weighted by atomic mass is 10.1. The molecule has 0 saturated heterocycles. The average Bonchev–Trinajstić information content (AvgIpc) is 2.85. The van der Waals surface area contributed by atoms with E-state index in [2.05, 4.69) is 17.2 Å². The van der Waals surface area contributed by atoms with Crippen molar-refractivity contribution in [1.29, 1.82) is 0 Å². The SMILES string of the molecule is CCCCn1cc(-c2cccc(OC)c2)nn1. The third kappa shape index (κ3) is 2.84. The summed E-state index contributed by atoms with van der Waals surface area (Å²) in [6.45, 7) is 3.09. The van der Waals surface area contributed by atoms with E-state index in [0.717, 1.165) is 36.4 Å². The minimum absolute atomic E-state index is 0.839. The third-order valence-electron chi connectivity index (χ3n) is 2.64. The molecule has 1 heterocycles. The number of methoxy groups -OCH3 is 1. The van der Waals surface area contributed by atoms with Crippen molar-refractivity contribution in [2.45, 2.75) is 26.3 Å². The number of aryl methyl sites for hydroxylation is 1. The smallest absolute Gasteiger partial charge is 0.119 e. The van der Waals surface area contributed by atoms with Crippen LogP contribution in [0.5, 0.6) is 5.75 Å². The molecule has 0 atom stereocenters. The molecule has 0 aliphatic carbocycles. The van der Waals surface area contributed by atoms with E-state index >= 15 is 0 Å². The monoisotopic (exact) mass is 231 g/mol. The molecular formula is C13H17N3O. The fourth-order valence-electron chi connectivity index (χ4n) is 1.64. The zero-order valence-corrected chi connectivity index (χ0v) is 10.3. The molecule has 1 aromatic carbocycles. The van der Waals surface area contributed by atoms with Gasteiger partial charge in [-0.3, -0.25) is 4.68 Å². The van der Waals surface area contributed by atoms with Crippen LogP contribution < -0.4 is 4.74 Å². The van der Waals surface area contributed by atoms with Crippen LogP contribution in [0.25, 0.3) is 11.3 Å². The number of rotatable bonds is 5. The average molecular weight is 231 g/mol. The lowest BCUT2D eigenvalue weighted by molar-refractivity contribution is 0.415. The number of ether oxygens (including phenoxy) is 1. The molecule has 0 spiro atoms. The van der Waals surface area contributed by atoms with E-state index in [1.807, 2.05) is 35.1 Å². The quantitative estimate of drug-likeness (QED) is 0.794. The van der Waals surface area contributed by atoms with E-state index in [9.17, 15) is 0 Å². The van der Waals surface area contributed by atoms with E-state index in [1.165, 1.54) is 0 Å². The zero-order valence-electron chi connectivity index (χ0n) is 10.3. The van der Waals surface area contributed by atoms with Crippen molar-refractivity contribution in [2.75, 3.05) is 7.11 Å². The standard InChI is InChI=1S/C13H17N3O/c1-3-4-8-16-10-13(14-15-16)11-6-5-7-12(9-11)17-2/h5-7,9-10H,3-4,8H2,1-2H3. The number of benzene rings is 1. The first-order valence-corrected chi connectivity index (χ1v) is 5.88. The number of unbranched alkanes of at least 4 members (excludes halogenated alkanes) is 1. The van der Waals surface area contributed by atoms with E-state index in [-0.39, 0.29) is 0 Å². The molecule has 0 aliphatic rings. The van der Waals surface area contributed by atoms with Gasteiger partial charge in [0, 0.05) is 12.1 Å². The molecular weight excluding hydrogens is 214 g/mol. The normalized spacial score (nSPS) is 10.5. The van der Waals surface area contributed by atoms with Gasteiger partial charge in [-0.1, -0.05) is 30.7 Å². The molecule has 0 aliphatic heterocycles. The maximum atomic E-state index is 5.19. The molecule has 2 aromatic rings. The van der Waals surface area contributed by atoms with Gasteiger partial charge in [-0.15, -0.1) is 5.10 Å². The molecule has 4 heteroatoms. The van der Waals surface area contributed by atoms with Crippen molar-refractivity contribution in [1.82, 2.24) is 15.0 Å². The highest BCUT2D eigenvalue weighted by Crippen LogP contribution is 2.21. The summed E-state index contributed by atoms with van der Waals surface area (Å²) in [6.07, 6.45) is 4.26. The molecule has 0 N–H and O–H groups in total. The molecule has 17 heavy (non-hydrogen) atoms. The Morgan fingerprint density at radius 2 is 2.24 bits per heavy atom. The molecule has 90 valence electrons. The molecule has 4 nitrogen and oxygen atoms in total. The van der Waals surface area contributed by atoms with E-state index in [1.54, 1.807) is 7.11 Å². The van der Waals surface area contributed by atoms with Crippen LogP contribution in [-0.2, 0) is 6.54 Å². The van der Waals surface area contributed by atoms with Gasteiger partial charge in [0.2, 0.25) is 0 Å². The summed E-state index contributed by atoms with van der Waals surface area (Å²) in [5.41, 5.74) is 1.92. The van der Waals surface area contributed by atoms with Crippen LogP contribution in [0.2, 0.25) is 0 Å². The van der Waals surface area contributed by atoms with Crippen LogP contribution in [0.1, 0.15) is 19.8 Å². The Morgan fingerprint density at radius 1 is 1.35 bits per heavy atom. The number of hydrogen-bond donors (Lipinski definition) is 0. The first-order valence-electron chi connectivity index (χ1n) is 5.88. The predicted octanol–water partition coefficient (Wildman–Crippen LogP) is 2.75. The van der Waals surface area contributed by atoms with Crippen molar-refractivity contribution in [3.8, 4) is 17.0 Å². The van der Waals surface area contributed by atoms with Crippen LogP contribution in [0.15, 0.2) is 30.5 Å². The molecule has 0 radical (unpaired) electrons. The molecule has 1 aromatic heterocycles. The van der Waals surface area contributed by atoms with Crippen LogP contribution >= 0.6 is 0 Å². The molecule has 0 fully saturated rings. The fraction of sp³-hybridized carbons (Fsp3) is 0.385. The maximum absolute atomic E-state index is 5.19. The number of hydrogen-bond acceptors (Lipinski definition) is 3. The van der Waals surface area contributed by atoms with Crippen molar-refractivity contribution in [3.05, 3.63) is 30.5 Å². The van der Waals surface area contributed by atoms with Crippen LogP contribution in [-0.4, -0.2) is 22.1 Å². The van der Waals surface area contributed by atoms with Crippen molar-refractivity contribution in [2.24, 2.45) is 0 Å². The second kappa shape index (κ2) is 5.48. The second-order valence-electron chi connectivity index (χ2n) is 3.95. The minimum atomic E-state index is 0.839. The zero-order chi connectivity index (χ0) is 12.1. The molecule has 0 bridgehead atoms. The second-order valence-corrected chi connectivity index (χ2v) is 3.95. The maximum Gasteiger partial charge on any atom is 0.119 e. The van der Waals surface area contributed by atoms with Gasteiger partial charge in [0.15, 0.2) is 0 Å². The van der Waals surface area contributed by atoms with Gasteiger partial charge < -0.3 is 4.74 Å². The summed E-state index contributed by atoms with van der Waals surface area (Å²) >= 11 is 0. The van der Waals surface area contributed by atoms with E-state index < -0.39 is 0 Å². The first-order chi connectivity index (χ1) is 8.33. The fourth-order valence-corrected chi connectivity index (χ4v) is 1.64. The van der Waals surface area contributed by atoms with E-state index in [4.69, 9.17) is 4.74 Å². The van der Waals surface area contributed by atoms with Gasteiger partial charge >= 0.3 is 0 Å². The van der Waals surface area contributed by atoms with Gasteiger partial charge in [-0.05, 0) is 18.6 Å². The van der Waals surface area contributed by atoms with E-state index in [0.29, 0.717) is 0 Å². The largest absolute Gasteiger partial charge is 0.497 e. The molecule has 2 rings (SSSR count). The van der Waals surface area contributed by atoms with Crippen LogP contribution in [0.4, 0.5) is 0 Å². The predicted molar refractivity (Wildman–Crippen MR) is 66.9 cm³/mol. The Hall–Kier alpha value is -1.84. The molecule has 0 amide bonds. The first kappa shape index (κ1) is 11.6. The van der Waals surface area contributed by atoms with Gasteiger partial charge in [-0.25, -0.2) is 0 Å². The Balaban J connectivity index is 2.18. The minimum Gasteiger partial charge on any atom is -0.497 e. The highest BCUT2D eigenvalue weighted by atomic mass is 16.5. The van der Waals surface area contributed by atoms with Crippen molar-refractivity contribution in [3.63, 3.8) is 0 Å². The Kier molecular flexibility index (Phi) is 3.75. The molecule has 0 unspecified atom stereocenters. The van der Waals surface area contributed by atoms with Gasteiger partial charge in [0.1, 0.15) is 11.4 Å². The van der Waals surface area contributed by atoms with Gasteiger partial charge in [0.05, 0.1) is 13.3 Å². The van der Waals surface area contributed by atoms with Crippen LogP contribution in [0.3, 0.4) is 0 Å². The van der Waals surface area contributed by atoms with Gasteiger partial charge in [-0.2, -0.15) is 0 Å². The highest BCUT2D eigenvalue weighted by Gasteiger charge is 2.04. The number of nitrogens with zero attached hydrogens (tertiary/aromatic N) is 3. The summed E-state index contributed by atoms with van der Waals surface area (Å²) in [7, 11) is 1.66. The summed E-state index contributed by atoms with van der Waals surface area (Å²) in [5, 5.41) is 8.28. The lowest BCUT2D eigenvalue weighted by Crippen LogP contribution is -1.97. The highest BCUT2D eigenvalue weighted by molar-refractivity contribution is 5.59. The Labute approximate surface area is 101 Å². The van der Waals surface area contributed by atoms with Gasteiger partial charge in [0.25, 0.3) is 0 Å². The summed E-state index contributed by atoms with van der Waals surface area (Å²) < 4.78 is 7.08. The van der Waals surface area contributed by atoms with Crippen molar-refractivity contribution < 1.29 is 4.74 Å². The third-order valence-corrected chi connectivity index (χ3v) is 2.64. The summed E-state index contributed by atoms with van der Waals surface area (Å²) in [6, 6.07) is 7.86. The topological polar surface area (TPSA) is 39.9 Å². The summed E-state index contributed by atoms with van der Waals surface area (Å²) in [4.78, 5) is 0. The lowest BCUT2D eigenvalue weighted by Gasteiger charge is -2.00. The van der Waals surface area contributed by atoms with Crippen LogP contribution in [0, 0.1) is 0 Å². The Morgan fingerprint density at radius 3 is 3.00 bits per heavy atom. The Bertz CT molecular complexity index is 479. The summed E-state index contributed by atoms with van der Waals surface area (Å²) in [5.74, 6) is 0.839. The number of aromatic nitrogens is 3.